The van der Waals surface area contributed by atoms with Crippen molar-refractivity contribution in [1.29, 1.82) is 0 Å². The Hall–Kier alpha value is -0.880. The van der Waals surface area contributed by atoms with Gasteiger partial charge < -0.3 is 5.32 Å². The highest BCUT2D eigenvalue weighted by atomic mass is 79.9. The molecule has 6 heteroatoms. The normalized spacial score (nSPS) is 18.8. The van der Waals surface area contributed by atoms with E-state index < -0.39 is 6.04 Å². The van der Waals surface area contributed by atoms with Crippen molar-refractivity contribution in [2.24, 2.45) is 0 Å². The summed E-state index contributed by atoms with van der Waals surface area (Å²) in [4.78, 5) is 25.4. The number of carbonyl (C=O) groups excluding carboxylic acids is 2. The van der Waals surface area contributed by atoms with E-state index in [1.54, 1.807) is 0 Å². The van der Waals surface area contributed by atoms with Crippen LogP contribution in [0.15, 0.2) is 21.1 Å². The lowest BCUT2D eigenvalue weighted by molar-refractivity contribution is -0.138. The fraction of sp³-hybridized carbons (Fsp3) is 0.429. The van der Waals surface area contributed by atoms with Crippen LogP contribution >= 0.6 is 31.9 Å². The van der Waals surface area contributed by atoms with Crippen LogP contribution in [0.3, 0.4) is 0 Å². The molecule has 2 rings (SSSR count). The van der Waals surface area contributed by atoms with E-state index in [4.69, 9.17) is 0 Å². The molecule has 0 saturated carbocycles. The molecular weight excluding hydrogens is 388 g/mol. The average Bonchev–Trinajstić information content (AvgIpc) is 2.62. The van der Waals surface area contributed by atoms with Crippen LogP contribution in [0.4, 0.5) is 5.69 Å². The first-order valence-corrected chi connectivity index (χ1v) is 8.09. The number of rotatable bonds is 4. The van der Waals surface area contributed by atoms with Crippen molar-refractivity contribution in [3.8, 4) is 0 Å². The van der Waals surface area contributed by atoms with Crippen molar-refractivity contribution in [2.75, 3.05) is 11.9 Å². The molecule has 1 fully saturated rings. The van der Waals surface area contributed by atoms with Gasteiger partial charge in [0.15, 0.2) is 0 Å². The number of hydrogen-bond acceptors (Lipinski definition) is 3. The number of benzene rings is 1. The minimum absolute atomic E-state index is 0.103. The first-order chi connectivity index (χ1) is 9.43. The molecule has 1 saturated heterocycles. The van der Waals surface area contributed by atoms with Gasteiger partial charge in [0.1, 0.15) is 6.04 Å². The van der Waals surface area contributed by atoms with Crippen LogP contribution in [-0.4, -0.2) is 29.3 Å². The summed E-state index contributed by atoms with van der Waals surface area (Å²) in [5.74, 6) is -0.245. The maximum absolute atomic E-state index is 12.2. The number of anilines is 1. The van der Waals surface area contributed by atoms with Gasteiger partial charge in [-0.25, -0.2) is 0 Å². The van der Waals surface area contributed by atoms with Gasteiger partial charge in [-0.3, -0.25) is 14.5 Å². The number of nitrogens with one attached hydrogen (secondary N) is 1. The molecule has 1 unspecified atom stereocenters. The largest absolute Gasteiger partial charge is 0.371 e. The summed E-state index contributed by atoms with van der Waals surface area (Å²) in [5, 5.41) is 3.17. The molecule has 2 amide bonds. The monoisotopic (exact) mass is 402 g/mol. The zero-order chi connectivity index (χ0) is 14.9. The molecule has 1 heterocycles. The highest BCUT2D eigenvalue weighted by Crippen LogP contribution is 2.34. The second kappa shape index (κ2) is 6.26. The maximum Gasteiger partial charge on any atom is 0.252 e. The third kappa shape index (κ3) is 3.06. The Morgan fingerprint density at radius 2 is 1.90 bits per heavy atom. The second-order valence-electron chi connectivity index (χ2n) is 4.89. The van der Waals surface area contributed by atoms with E-state index in [2.05, 4.69) is 37.2 Å². The molecular formula is C14H16Br2N2O2. The summed E-state index contributed by atoms with van der Waals surface area (Å²) in [5.41, 5.74) is 1.91. The lowest BCUT2D eigenvalue weighted by atomic mass is 10.2. The van der Waals surface area contributed by atoms with Crippen LogP contribution in [0, 0.1) is 6.92 Å². The van der Waals surface area contributed by atoms with E-state index in [0.717, 1.165) is 26.6 Å². The quantitative estimate of drug-likeness (QED) is 0.783. The van der Waals surface area contributed by atoms with Gasteiger partial charge in [-0.05, 0) is 62.9 Å². The van der Waals surface area contributed by atoms with Crippen LogP contribution < -0.4 is 5.32 Å². The van der Waals surface area contributed by atoms with Gasteiger partial charge in [-0.2, -0.15) is 0 Å². The Morgan fingerprint density at radius 1 is 1.30 bits per heavy atom. The Bertz CT molecular complexity index is 537. The molecule has 0 spiro atoms. The standard InChI is InChI=1S/C14H16Br2N2O2/c1-3-4-18-12(19)7-11(14(18)20)17-13-9(15)5-8(2)6-10(13)16/h5-6,11,17H,3-4,7H2,1-2H3. The molecule has 0 radical (unpaired) electrons. The van der Waals surface area contributed by atoms with E-state index in [9.17, 15) is 9.59 Å². The molecule has 1 aromatic carbocycles. The number of nitrogens with zero attached hydrogens (tertiary/aromatic N) is 1. The molecule has 1 aliphatic rings. The molecule has 1 aliphatic heterocycles. The molecule has 1 aromatic rings. The molecule has 0 bridgehead atoms. The number of carbonyl (C=O) groups is 2. The SMILES string of the molecule is CCCN1C(=O)CC(Nc2c(Br)cc(C)cc2Br)C1=O. The molecule has 108 valence electrons. The highest BCUT2D eigenvalue weighted by Gasteiger charge is 2.38. The van der Waals surface area contributed by atoms with Crippen molar-refractivity contribution < 1.29 is 9.59 Å². The molecule has 20 heavy (non-hydrogen) atoms. The molecule has 4 nitrogen and oxygen atoms in total. The van der Waals surface area contributed by atoms with Gasteiger partial charge >= 0.3 is 0 Å². The lowest BCUT2D eigenvalue weighted by Crippen LogP contribution is -2.35. The first kappa shape index (κ1) is 15.5. The Labute approximate surface area is 135 Å². The molecule has 0 aliphatic carbocycles. The van der Waals surface area contributed by atoms with Crippen LogP contribution in [0.1, 0.15) is 25.3 Å². The smallest absolute Gasteiger partial charge is 0.252 e. The number of amides is 2. The predicted octanol–water partition coefficient (Wildman–Crippen LogP) is 3.47. The second-order valence-corrected chi connectivity index (χ2v) is 6.60. The number of likely N-dealkylation sites (tertiary alicyclic amines) is 1. The van der Waals surface area contributed by atoms with Crippen molar-refractivity contribution in [2.45, 2.75) is 32.7 Å². The van der Waals surface area contributed by atoms with Crippen molar-refractivity contribution in [1.82, 2.24) is 4.90 Å². The first-order valence-electron chi connectivity index (χ1n) is 6.50. The van der Waals surface area contributed by atoms with E-state index >= 15 is 0 Å². The minimum Gasteiger partial charge on any atom is -0.371 e. The van der Waals surface area contributed by atoms with Crippen molar-refractivity contribution in [3.05, 3.63) is 26.6 Å². The van der Waals surface area contributed by atoms with Crippen LogP contribution in [0.5, 0.6) is 0 Å². The summed E-state index contributed by atoms with van der Waals surface area (Å²) in [6.45, 7) is 4.44. The summed E-state index contributed by atoms with van der Waals surface area (Å²) >= 11 is 6.97. The summed E-state index contributed by atoms with van der Waals surface area (Å²) in [6.07, 6.45) is 0.994. The fourth-order valence-electron chi connectivity index (χ4n) is 2.27. The van der Waals surface area contributed by atoms with Gasteiger partial charge in [-0.15, -0.1) is 0 Å². The third-order valence-corrected chi connectivity index (χ3v) is 4.45. The van der Waals surface area contributed by atoms with Crippen LogP contribution in [0.25, 0.3) is 0 Å². The van der Waals surface area contributed by atoms with Crippen LogP contribution in [0.2, 0.25) is 0 Å². The number of aryl methyl sites for hydroxylation is 1. The van der Waals surface area contributed by atoms with Gasteiger partial charge in [0.2, 0.25) is 5.91 Å². The number of hydrogen-bond donors (Lipinski definition) is 1. The summed E-state index contributed by atoms with van der Waals surface area (Å²) in [6, 6.07) is 3.46. The van der Waals surface area contributed by atoms with E-state index in [-0.39, 0.29) is 18.2 Å². The van der Waals surface area contributed by atoms with E-state index in [1.807, 2.05) is 26.0 Å². The Morgan fingerprint density at radius 3 is 2.45 bits per heavy atom. The van der Waals surface area contributed by atoms with Gasteiger partial charge in [0, 0.05) is 15.5 Å². The van der Waals surface area contributed by atoms with Crippen molar-refractivity contribution >= 4 is 49.4 Å². The topological polar surface area (TPSA) is 49.4 Å². The van der Waals surface area contributed by atoms with Crippen molar-refractivity contribution in [3.63, 3.8) is 0 Å². The fourth-order valence-corrected chi connectivity index (χ4v) is 3.91. The lowest BCUT2D eigenvalue weighted by Gasteiger charge is -2.17. The minimum atomic E-state index is -0.482. The molecule has 1 N–H and O–H groups in total. The molecule has 0 aromatic heterocycles. The Balaban J connectivity index is 2.20. The third-order valence-electron chi connectivity index (χ3n) is 3.20. The number of imide groups is 1. The van der Waals surface area contributed by atoms with E-state index in [0.29, 0.717) is 6.54 Å². The van der Waals surface area contributed by atoms with Crippen LogP contribution in [-0.2, 0) is 9.59 Å². The summed E-state index contributed by atoms with van der Waals surface area (Å²) in [7, 11) is 0. The predicted molar refractivity (Wildman–Crippen MR) is 85.6 cm³/mol. The van der Waals surface area contributed by atoms with Gasteiger partial charge in [0.05, 0.1) is 12.1 Å². The highest BCUT2D eigenvalue weighted by molar-refractivity contribution is 9.11. The number of halogens is 2. The zero-order valence-electron chi connectivity index (χ0n) is 11.4. The maximum atomic E-state index is 12.2. The molecule has 1 atom stereocenters. The Kier molecular flexibility index (Phi) is 4.86. The zero-order valence-corrected chi connectivity index (χ0v) is 14.5. The van der Waals surface area contributed by atoms with Gasteiger partial charge in [0.25, 0.3) is 5.91 Å². The van der Waals surface area contributed by atoms with Gasteiger partial charge in [-0.1, -0.05) is 6.92 Å². The average molecular weight is 404 g/mol. The summed E-state index contributed by atoms with van der Waals surface area (Å²) < 4.78 is 1.75. The van der Waals surface area contributed by atoms with E-state index in [1.165, 1.54) is 4.90 Å².